The lowest BCUT2D eigenvalue weighted by atomic mass is 10.2. The van der Waals surface area contributed by atoms with Gasteiger partial charge in [-0.2, -0.15) is 0 Å². The third-order valence-corrected chi connectivity index (χ3v) is 6.55. The van der Waals surface area contributed by atoms with Gasteiger partial charge >= 0.3 is 0 Å². The Labute approximate surface area is 167 Å². The summed E-state index contributed by atoms with van der Waals surface area (Å²) in [4.78, 5) is 22.1. The van der Waals surface area contributed by atoms with E-state index in [9.17, 15) is 10.1 Å². The van der Waals surface area contributed by atoms with E-state index in [0.29, 0.717) is 16.6 Å². The Kier molecular flexibility index (Phi) is 4.09. The number of rotatable bonds is 4. The van der Waals surface area contributed by atoms with Crippen molar-refractivity contribution in [1.29, 1.82) is 0 Å². The summed E-state index contributed by atoms with van der Waals surface area (Å²) in [6.45, 7) is 1.87. The first-order chi connectivity index (χ1) is 13.6. The Morgan fingerprint density at radius 1 is 1.25 bits per heavy atom. The van der Waals surface area contributed by atoms with E-state index in [2.05, 4.69) is 20.2 Å². The molecule has 0 saturated carbocycles. The molecule has 0 saturated heterocycles. The molecule has 10 heteroatoms. The predicted molar refractivity (Wildman–Crippen MR) is 105 cm³/mol. The molecule has 0 unspecified atom stereocenters. The van der Waals surface area contributed by atoms with Crippen LogP contribution in [-0.2, 0) is 12.8 Å². The van der Waals surface area contributed by atoms with Crippen molar-refractivity contribution in [3.63, 3.8) is 0 Å². The van der Waals surface area contributed by atoms with E-state index in [1.54, 1.807) is 23.5 Å². The molecule has 3 heterocycles. The van der Waals surface area contributed by atoms with Crippen LogP contribution in [0.1, 0.15) is 22.7 Å². The summed E-state index contributed by atoms with van der Waals surface area (Å²) < 4.78 is 5.75. The highest BCUT2D eigenvalue weighted by atomic mass is 32.2. The van der Waals surface area contributed by atoms with Gasteiger partial charge in [-0.15, -0.1) is 21.5 Å². The van der Waals surface area contributed by atoms with Gasteiger partial charge in [0.05, 0.1) is 4.92 Å². The van der Waals surface area contributed by atoms with Crippen LogP contribution in [0.25, 0.3) is 21.7 Å². The normalized spacial score (nSPS) is 13.2. The zero-order valence-electron chi connectivity index (χ0n) is 14.7. The van der Waals surface area contributed by atoms with E-state index < -0.39 is 4.92 Å². The molecule has 0 aliphatic heterocycles. The number of aromatic nitrogens is 4. The Balaban J connectivity index is 1.51. The van der Waals surface area contributed by atoms with Gasteiger partial charge in [-0.05, 0) is 49.6 Å². The van der Waals surface area contributed by atoms with E-state index in [0.717, 1.165) is 34.5 Å². The first-order valence-corrected chi connectivity index (χ1v) is 10.3. The lowest BCUT2D eigenvalue weighted by Gasteiger charge is -2.02. The van der Waals surface area contributed by atoms with Gasteiger partial charge in [0.25, 0.3) is 10.9 Å². The number of aryl methyl sites for hydroxylation is 3. The van der Waals surface area contributed by atoms with Gasteiger partial charge < -0.3 is 4.42 Å². The van der Waals surface area contributed by atoms with E-state index >= 15 is 0 Å². The van der Waals surface area contributed by atoms with Crippen LogP contribution in [-0.4, -0.2) is 25.1 Å². The van der Waals surface area contributed by atoms with Crippen molar-refractivity contribution < 1.29 is 9.34 Å². The summed E-state index contributed by atoms with van der Waals surface area (Å²) in [6.07, 6.45) is 3.29. The molecule has 140 valence electrons. The maximum atomic E-state index is 11.0. The van der Waals surface area contributed by atoms with Crippen LogP contribution in [0.2, 0.25) is 0 Å². The summed E-state index contributed by atoms with van der Waals surface area (Å²) in [5, 5.41) is 21.4. The molecule has 1 aliphatic rings. The minimum Gasteiger partial charge on any atom is -0.411 e. The standard InChI is InChI=1S/C18H13N5O3S2/c1-9-19-16-14(12-6-3-7-13(12)27-16)17(20-9)28-18-22-21-15(26-18)10-4-2-5-11(8-10)23(24)25/h2,4-5,8H,3,6-7H2,1H3. The minimum absolute atomic E-state index is 0.0214. The summed E-state index contributed by atoms with van der Waals surface area (Å²) in [7, 11) is 0. The monoisotopic (exact) mass is 411 g/mol. The molecule has 0 radical (unpaired) electrons. The highest BCUT2D eigenvalue weighted by molar-refractivity contribution is 7.99. The summed E-state index contributed by atoms with van der Waals surface area (Å²) in [5.41, 5.74) is 1.82. The lowest BCUT2D eigenvalue weighted by molar-refractivity contribution is -0.384. The minimum atomic E-state index is -0.451. The number of hydrogen-bond acceptors (Lipinski definition) is 9. The van der Waals surface area contributed by atoms with Crippen LogP contribution in [0.5, 0.6) is 0 Å². The second kappa shape index (κ2) is 6.64. The molecule has 0 fully saturated rings. The fourth-order valence-electron chi connectivity index (χ4n) is 3.34. The topological polar surface area (TPSA) is 108 Å². The number of nitro benzene ring substituents is 1. The number of non-ortho nitro benzene ring substituents is 1. The van der Waals surface area contributed by atoms with Crippen LogP contribution >= 0.6 is 23.1 Å². The number of benzene rings is 1. The van der Waals surface area contributed by atoms with E-state index in [1.165, 1.54) is 34.3 Å². The molecule has 0 spiro atoms. The first kappa shape index (κ1) is 17.3. The zero-order valence-corrected chi connectivity index (χ0v) is 16.3. The van der Waals surface area contributed by atoms with Gasteiger partial charge in [0.1, 0.15) is 15.7 Å². The number of nitro groups is 1. The largest absolute Gasteiger partial charge is 0.411 e. The second-order valence-corrected chi connectivity index (χ2v) is 8.42. The molecule has 5 rings (SSSR count). The van der Waals surface area contributed by atoms with Crippen molar-refractivity contribution in [3.8, 4) is 11.5 Å². The Morgan fingerprint density at radius 2 is 2.14 bits per heavy atom. The van der Waals surface area contributed by atoms with Crippen LogP contribution < -0.4 is 0 Å². The van der Waals surface area contributed by atoms with Gasteiger partial charge in [-0.1, -0.05) is 6.07 Å². The number of nitrogens with zero attached hydrogens (tertiary/aromatic N) is 5. The fourth-order valence-corrected chi connectivity index (χ4v) is 5.58. The SMILES string of the molecule is Cc1nc(Sc2nnc(-c3cccc([N+](=O)[O-])c3)o2)c2c3c(sc2n1)CCC3. The van der Waals surface area contributed by atoms with Crippen LogP contribution in [0.3, 0.4) is 0 Å². The van der Waals surface area contributed by atoms with Crippen molar-refractivity contribution in [3.05, 3.63) is 50.6 Å². The Morgan fingerprint density at radius 3 is 3.00 bits per heavy atom. The van der Waals surface area contributed by atoms with Gasteiger partial charge in [-0.3, -0.25) is 10.1 Å². The highest BCUT2D eigenvalue weighted by Crippen LogP contribution is 2.42. The number of fused-ring (bicyclic) bond motifs is 3. The van der Waals surface area contributed by atoms with E-state index in [-0.39, 0.29) is 11.6 Å². The van der Waals surface area contributed by atoms with Crippen LogP contribution in [0.15, 0.2) is 38.9 Å². The molecule has 4 aromatic rings. The first-order valence-electron chi connectivity index (χ1n) is 8.63. The average molecular weight is 411 g/mol. The maximum Gasteiger partial charge on any atom is 0.283 e. The predicted octanol–water partition coefficient (Wildman–Crippen LogP) is 4.60. The van der Waals surface area contributed by atoms with Gasteiger partial charge in [-0.25, -0.2) is 9.97 Å². The Hall–Kier alpha value is -2.85. The molecule has 0 N–H and O–H groups in total. The van der Waals surface area contributed by atoms with E-state index in [4.69, 9.17) is 4.42 Å². The zero-order chi connectivity index (χ0) is 19.3. The highest BCUT2D eigenvalue weighted by Gasteiger charge is 2.23. The molecular formula is C18H13N5O3S2. The van der Waals surface area contributed by atoms with Crippen molar-refractivity contribution in [2.45, 2.75) is 36.4 Å². The maximum absolute atomic E-state index is 11.0. The molecule has 0 bridgehead atoms. The average Bonchev–Trinajstić information content (AvgIpc) is 3.37. The molecule has 1 aromatic carbocycles. The van der Waals surface area contributed by atoms with Crippen molar-refractivity contribution in [2.75, 3.05) is 0 Å². The molecule has 0 atom stereocenters. The number of thiophene rings is 1. The molecule has 8 nitrogen and oxygen atoms in total. The van der Waals surface area contributed by atoms with Crippen molar-refractivity contribution in [2.24, 2.45) is 0 Å². The fraction of sp³-hybridized carbons (Fsp3) is 0.222. The van der Waals surface area contributed by atoms with Crippen molar-refractivity contribution in [1.82, 2.24) is 20.2 Å². The van der Waals surface area contributed by atoms with Crippen LogP contribution in [0, 0.1) is 17.0 Å². The molecule has 1 aliphatic carbocycles. The quantitative estimate of drug-likeness (QED) is 0.272. The van der Waals surface area contributed by atoms with Crippen molar-refractivity contribution >= 4 is 39.0 Å². The molecular weight excluding hydrogens is 398 g/mol. The Bertz CT molecular complexity index is 1230. The van der Waals surface area contributed by atoms with Gasteiger partial charge in [0.15, 0.2) is 0 Å². The third-order valence-electron chi connectivity index (χ3n) is 4.54. The molecule has 28 heavy (non-hydrogen) atoms. The molecule has 0 amide bonds. The van der Waals surface area contributed by atoms with Crippen LogP contribution in [0.4, 0.5) is 5.69 Å². The number of hydrogen-bond donors (Lipinski definition) is 0. The summed E-state index contributed by atoms with van der Waals surface area (Å²) >= 11 is 3.05. The van der Waals surface area contributed by atoms with Gasteiger partial charge in [0.2, 0.25) is 5.89 Å². The van der Waals surface area contributed by atoms with Gasteiger partial charge in [0, 0.05) is 28.0 Å². The van der Waals surface area contributed by atoms with E-state index in [1.807, 2.05) is 6.92 Å². The second-order valence-electron chi connectivity index (χ2n) is 6.40. The smallest absolute Gasteiger partial charge is 0.283 e. The molecule has 3 aromatic heterocycles. The lowest BCUT2D eigenvalue weighted by Crippen LogP contribution is -1.92. The summed E-state index contributed by atoms with van der Waals surface area (Å²) in [6, 6.07) is 6.14. The third kappa shape index (κ3) is 2.94. The summed E-state index contributed by atoms with van der Waals surface area (Å²) in [5.74, 6) is 0.942.